The van der Waals surface area contributed by atoms with Gasteiger partial charge in [0.05, 0.1) is 23.0 Å². The molecule has 1 N–H and O–H groups in total. The monoisotopic (exact) mass is 357 g/mol. The van der Waals surface area contributed by atoms with Gasteiger partial charge in [-0.05, 0) is 40.5 Å². The quantitative estimate of drug-likeness (QED) is 0.805. The molecular weight excluding hydrogens is 342 g/mol. The minimum absolute atomic E-state index is 0.669. The van der Waals surface area contributed by atoms with E-state index in [1.807, 2.05) is 19.2 Å². The average Bonchev–Trinajstić information content (AvgIpc) is 2.75. The van der Waals surface area contributed by atoms with Gasteiger partial charge in [0.2, 0.25) is 0 Å². The van der Waals surface area contributed by atoms with Crippen molar-refractivity contribution in [3.63, 3.8) is 0 Å². The van der Waals surface area contributed by atoms with Crippen molar-refractivity contribution in [2.24, 2.45) is 0 Å². The molecule has 1 aromatic heterocycles. The van der Waals surface area contributed by atoms with Gasteiger partial charge in [-0.15, -0.1) is 0 Å². The van der Waals surface area contributed by atoms with Crippen molar-refractivity contribution in [3.8, 4) is 5.69 Å². The summed E-state index contributed by atoms with van der Waals surface area (Å²) in [6, 6.07) is 6.19. The van der Waals surface area contributed by atoms with Gasteiger partial charge in [0.15, 0.2) is 0 Å². The molecule has 0 saturated carbocycles. The van der Waals surface area contributed by atoms with Crippen LogP contribution in [0.4, 0.5) is 0 Å². The molecule has 2 aromatic rings. The van der Waals surface area contributed by atoms with Crippen molar-refractivity contribution >= 4 is 27.5 Å². The van der Waals surface area contributed by atoms with E-state index in [2.05, 4.69) is 38.5 Å². The van der Waals surface area contributed by atoms with Gasteiger partial charge in [-0.25, -0.2) is 4.68 Å². The third-order valence-corrected chi connectivity index (χ3v) is 3.92. The van der Waals surface area contributed by atoms with Crippen LogP contribution in [0.15, 0.2) is 28.9 Å². The number of halogens is 2. The number of benzene rings is 1. The number of ether oxygens (including phenoxy) is 1. The van der Waals surface area contributed by atoms with Crippen molar-refractivity contribution in [2.45, 2.75) is 13.5 Å². The van der Waals surface area contributed by atoms with Crippen LogP contribution < -0.4 is 5.32 Å². The lowest BCUT2D eigenvalue weighted by Gasteiger charge is -2.08. The highest BCUT2D eigenvalue weighted by molar-refractivity contribution is 9.10. The molecular formula is C14H17BrClN3O. The number of hydrogen-bond donors (Lipinski definition) is 1. The number of rotatable bonds is 6. The van der Waals surface area contributed by atoms with E-state index in [0.29, 0.717) is 11.6 Å². The standard InChI is InChI=1S/C14H17BrClN3O/c1-10-13(16)9-19(18-10)14-4-3-11(7-12(14)15)8-17-5-6-20-2/h3-4,7,9,17H,5-6,8H2,1-2H3. The lowest BCUT2D eigenvalue weighted by atomic mass is 10.2. The summed E-state index contributed by atoms with van der Waals surface area (Å²) in [6.45, 7) is 4.25. The van der Waals surface area contributed by atoms with Crippen LogP contribution in [0, 0.1) is 6.92 Å². The Bertz CT molecular complexity index is 566. The molecule has 0 aliphatic rings. The van der Waals surface area contributed by atoms with Gasteiger partial charge in [-0.2, -0.15) is 5.10 Å². The molecule has 108 valence electrons. The smallest absolute Gasteiger partial charge is 0.0819 e. The van der Waals surface area contributed by atoms with Crippen LogP contribution in [0.1, 0.15) is 11.3 Å². The molecule has 2 rings (SSSR count). The first-order chi connectivity index (χ1) is 9.61. The summed E-state index contributed by atoms with van der Waals surface area (Å²) < 4.78 is 7.77. The number of hydrogen-bond acceptors (Lipinski definition) is 3. The molecule has 0 aliphatic carbocycles. The van der Waals surface area contributed by atoms with E-state index >= 15 is 0 Å². The Hall–Kier alpha value is -0.880. The van der Waals surface area contributed by atoms with Crippen molar-refractivity contribution in [1.29, 1.82) is 0 Å². The third kappa shape index (κ3) is 3.82. The predicted octanol–water partition coefficient (Wildman–Crippen LogP) is 3.33. The topological polar surface area (TPSA) is 39.1 Å². The molecule has 1 aromatic carbocycles. The zero-order chi connectivity index (χ0) is 14.5. The first-order valence-corrected chi connectivity index (χ1v) is 7.49. The number of aryl methyl sites for hydroxylation is 1. The summed E-state index contributed by atoms with van der Waals surface area (Å²) in [6.07, 6.45) is 1.81. The van der Waals surface area contributed by atoms with Gasteiger partial charge < -0.3 is 10.1 Å². The van der Waals surface area contributed by atoms with Crippen LogP contribution in [0.5, 0.6) is 0 Å². The number of methoxy groups -OCH3 is 1. The average molecular weight is 359 g/mol. The Balaban J connectivity index is 2.09. The van der Waals surface area contributed by atoms with Crippen LogP contribution in [0.25, 0.3) is 5.69 Å². The van der Waals surface area contributed by atoms with Crippen LogP contribution in [-0.4, -0.2) is 30.0 Å². The first-order valence-electron chi connectivity index (χ1n) is 6.32. The highest BCUT2D eigenvalue weighted by Gasteiger charge is 2.08. The summed E-state index contributed by atoms with van der Waals surface area (Å²) in [5.41, 5.74) is 3.00. The molecule has 0 bridgehead atoms. The maximum absolute atomic E-state index is 6.04. The Kier molecular flexibility index (Phi) is 5.60. The van der Waals surface area contributed by atoms with Crippen LogP contribution in [-0.2, 0) is 11.3 Å². The van der Waals surface area contributed by atoms with Crippen LogP contribution in [0.3, 0.4) is 0 Å². The molecule has 0 radical (unpaired) electrons. The lowest BCUT2D eigenvalue weighted by Crippen LogP contribution is -2.18. The van der Waals surface area contributed by atoms with E-state index < -0.39 is 0 Å². The molecule has 0 amide bonds. The lowest BCUT2D eigenvalue weighted by molar-refractivity contribution is 0.199. The zero-order valence-corrected chi connectivity index (χ0v) is 13.8. The molecule has 0 atom stereocenters. The minimum atomic E-state index is 0.669. The first kappa shape index (κ1) is 15.5. The van der Waals surface area contributed by atoms with Crippen molar-refractivity contribution in [1.82, 2.24) is 15.1 Å². The van der Waals surface area contributed by atoms with Gasteiger partial charge in [0, 0.05) is 30.9 Å². The van der Waals surface area contributed by atoms with Crippen molar-refractivity contribution < 1.29 is 4.74 Å². The van der Waals surface area contributed by atoms with E-state index in [4.69, 9.17) is 16.3 Å². The molecule has 0 saturated heterocycles. The summed E-state index contributed by atoms with van der Waals surface area (Å²) in [5, 5.41) is 8.36. The third-order valence-electron chi connectivity index (χ3n) is 2.91. The van der Waals surface area contributed by atoms with E-state index in [1.165, 1.54) is 5.56 Å². The fourth-order valence-electron chi connectivity index (χ4n) is 1.82. The Labute approximate surface area is 132 Å². The van der Waals surface area contributed by atoms with Gasteiger partial charge >= 0.3 is 0 Å². The second-order valence-electron chi connectivity index (χ2n) is 4.46. The van der Waals surface area contributed by atoms with E-state index in [-0.39, 0.29) is 0 Å². The number of aromatic nitrogens is 2. The summed E-state index contributed by atoms with van der Waals surface area (Å²) in [4.78, 5) is 0. The SMILES string of the molecule is COCCNCc1ccc(-n2cc(Cl)c(C)n2)c(Br)c1. The second kappa shape index (κ2) is 7.22. The highest BCUT2D eigenvalue weighted by atomic mass is 79.9. The van der Waals surface area contributed by atoms with E-state index in [9.17, 15) is 0 Å². The maximum Gasteiger partial charge on any atom is 0.0819 e. The summed E-state index contributed by atoms with van der Waals surface area (Å²) in [7, 11) is 1.70. The molecule has 0 unspecified atom stereocenters. The van der Waals surface area contributed by atoms with Crippen LogP contribution in [0.2, 0.25) is 5.02 Å². The van der Waals surface area contributed by atoms with E-state index in [0.717, 1.165) is 28.9 Å². The molecule has 0 aliphatic heterocycles. The summed E-state index contributed by atoms with van der Waals surface area (Å²) >= 11 is 9.62. The van der Waals surface area contributed by atoms with Gasteiger partial charge in [0.25, 0.3) is 0 Å². The largest absolute Gasteiger partial charge is 0.383 e. The van der Waals surface area contributed by atoms with Gasteiger partial charge in [-0.1, -0.05) is 17.7 Å². The number of nitrogens with zero attached hydrogens (tertiary/aromatic N) is 2. The van der Waals surface area contributed by atoms with E-state index in [1.54, 1.807) is 11.8 Å². The fraction of sp³-hybridized carbons (Fsp3) is 0.357. The van der Waals surface area contributed by atoms with Gasteiger partial charge in [0.1, 0.15) is 0 Å². The number of nitrogens with one attached hydrogen (secondary N) is 1. The van der Waals surface area contributed by atoms with Crippen LogP contribution >= 0.6 is 27.5 Å². The zero-order valence-electron chi connectivity index (χ0n) is 11.5. The van der Waals surface area contributed by atoms with Crippen molar-refractivity contribution in [3.05, 3.63) is 45.1 Å². The highest BCUT2D eigenvalue weighted by Crippen LogP contribution is 2.24. The Morgan fingerprint density at radius 3 is 2.85 bits per heavy atom. The predicted molar refractivity (Wildman–Crippen MR) is 84.6 cm³/mol. The molecule has 20 heavy (non-hydrogen) atoms. The molecule has 0 spiro atoms. The fourth-order valence-corrected chi connectivity index (χ4v) is 2.55. The Morgan fingerprint density at radius 1 is 1.45 bits per heavy atom. The normalized spacial score (nSPS) is 11.0. The second-order valence-corrected chi connectivity index (χ2v) is 5.72. The molecule has 6 heteroatoms. The Morgan fingerprint density at radius 2 is 2.25 bits per heavy atom. The van der Waals surface area contributed by atoms with Crippen molar-refractivity contribution in [2.75, 3.05) is 20.3 Å². The molecule has 0 fully saturated rings. The van der Waals surface area contributed by atoms with Gasteiger partial charge in [-0.3, -0.25) is 0 Å². The molecule has 1 heterocycles. The maximum atomic E-state index is 6.04. The summed E-state index contributed by atoms with van der Waals surface area (Å²) in [5.74, 6) is 0. The molecule has 4 nitrogen and oxygen atoms in total. The minimum Gasteiger partial charge on any atom is -0.383 e.